The van der Waals surface area contributed by atoms with E-state index in [1.165, 1.54) is 0 Å². The third kappa shape index (κ3) is 4.22. The lowest BCUT2D eigenvalue weighted by Crippen LogP contribution is -2.34. The highest BCUT2D eigenvalue weighted by Crippen LogP contribution is 2.43. The molecule has 0 bridgehead atoms. The predicted molar refractivity (Wildman–Crippen MR) is 111 cm³/mol. The fourth-order valence-electron chi connectivity index (χ4n) is 3.88. The largest absolute Gasteiger partial charge is 0.492 e. The second-order valence-corrected chi connectivity index (χ2v) is 7.55. The molecule has 28 heavy (non-hydrogen) atoms. The lowest BCUT2D eigenvalue weighted by Gasteiger charge is -2.30. The molecule has 1 fully saturated rings. The van der Waals surface area contributed by atoms with E-state index in [2.05, 4.69) is 15.0 Å². The van der Waals surface area contributed by atoms with E-state index >= 15 is 0 Å². The summed E-state index contributed by atoms with van der Waals surface area (Å²) in [4.78, 5) is 7.13. The zero-order valence-electron chi connectivity index (χ0n) is 15.9. The normalized spacial score (nSPS) is 17.2. The zero-order chi connectivity index (χ0) is 18.8. The molecule has 7 nitrogen and oxygen atoms in total. The molecule has 0 atom stereocenters. The molecule has 2 aromatic rings. The molecule has 154 valence electrons. The molecule has 2 N–H and O–H groups in total. The number of benzene rings is 1. The van der Waals surface area contributed by atoms with Crippen molar-refractivity contribution >= 4 is 29.7 Å². The number of rotatable bonds is 6. The van der Waals surface area contributed by atoms with Gasteiger partial charge in [0.1, 0.15) is 5.75 Å². The number of likely N-dealkylation sites (tertiary alicyclic amines) is 1. The molecule has 0 amide bonds. The van der Waals surface area contributed by atoms with Crippen molar-refractivity contribution in [2.24, 2.45) is 0 Å². The highest BCUT2D eigenvalue weighted by molar-refractivity contribution is 6.33. The lowest BCUT2D eigenvalue weighted by atomic mass is 9.96. The number of methoxy groups -OCH3 is 1. The number of aromatic nitrogens is 2. The van der Waals surface area contributed by atoms with Crippen molar-refractivity contribution < 1.29 is 14.0 Å². The summed E-state index contributed by atoms with van der Waals surface area (Å²) in [5, 5.41) is 4.74. The smallest absolute Gasteiger partial charge is 0.261 e. The Morgan fingerprint density at radius 1 is 1.36 bits per heavy atom. The molecule has 9 heteroatoms. The summed E-state index contributed by atoms with van der Waals surface area (Å²) in [6.07, 6.45) is 3.87. The molecule has 0 radical (unpaired) electrons. The molecule has 1 aromatic carbocycles. The van der Waals surface area contributed by atoms with Gasteiger partial charge in [-0.15, -0.1) is 12.4 Å². The van der Waals surface area contributed by atoms with Crippen molar-refractivity contribution in [3.63, 3.8) is 0 Å². The number of fused-ring (bicyclic) bond motifs is 1. The molecule has 1 aromatic heterocycles. The van der Waals surface area contributed by atoms with Crippen molar-refractivity contribution in [3.8, 4) is 17.2 Å². The van der Waals surface area contributed by atoms with Crippen LogP contribution in [0, 0.1) is 0 Å². The van der Waals surface area contributed by atoms with Crippen LogP contribution in [-0.4, -0.2) is 55.0 Å². The number of nitrogens with zero attached hydrogens (tertiary/aromatic N) is 3. The van der Waals surface area contributed by atoms with Crippen LogP contribution in [0.1, 0.15) is 36.6 Å². The number of hydrogen-bond acceptors (Lipinski definition) is 7. The summed E-state index contributed by atoms with van der Waals surface area (Å²) < 4.78 is 16.4. The van der Waals surface area contributed by atoms with Crippen molar-refractivity contribution in [2.75, 3.05) is 45.7 Å². The third-order valence-electron chi connectivity index (χ3n) is 5.42. The fraction of sp³-hybridized carbons (Fsp3) is 0.579. The van der Waals surface area contributed by atoms with Crippen LogP contribution in [-0.2, 0) is 11.2 Å². The summed E-state index contributed by atoms with van der Waals surface area (Å²) >= 11 is 6.29. The molecule has 2 aliphatic rings. The summed E-state index contributed by atoms with van der Waals surface area (Å²) in [5.74, 6) is 2.26. The van der Waals surface area contributed by atoms with E-state index in [9.17, 15) is 0 Å². The van der Waals surface area contributed by atoms with E-state index in [-0.39, 0.29) is 12.4 Å². The van der Waals surface area contributed by atoms with Crippen molar-refractivity contribution in [1.82, 2.24) is 15.0 Å². The van der Waals surface area contributed by atoms with Gasteiger partial charge in [0.05, 0.1) is 22.9 Å². The molecule has 4 rings (SSSR count). The van der Waals surface area contributed by atoms with Crippen LogP contribution >= 0.6 is 24.0 Å². The van der Waals surface area contributed by atoms with Crippen LogP contribution in [0.5, 0.6) is 5.75 Å². The standard InChI is InChI=1S/C19H25ClN4O3.ClH/c1-25-9-2-6-24-7-3-12(4-8-24)18-22-19(27-23-18)14-11-15(20)16(21)13-5-10-26-17(13)14;/h11-12H,2-10,21H2,1H3;1H. The SMILES string of the molecule is COCCCN1CCC(c2noc(-c3cc(Cl)c(N)c4c3OCC4)n2)CC1.Cl. The third-order valence-corrected chi connectivity index (χ3v) is 5.73. The molecule has 0 unspecified atom stereocenters. The van der Waals surface area contributed by atoms with E-state index in [1.807, 2.05) is 0 Å². The Bertz CT molecular complexity index is 807. The zero-order valence-corrected chi connectivity index (χ0v) is 17.5. The summed E-state index contributed by atoms with van der Waals surface area (Å²) in [6, 6.07) is 1.76. The molecule has 0 spiro atoms. The Morgan fingerprint density at radius 2 is 2.14 bits per heavy atom. The topological polar surface area (TPSA) is 86.6 Å². The second-order valence-electron chi connectivity index (χ2n) is 7.15. The van der Waals surface area contributed by atoms with Gasteiger partial charge in [0.2, 0.25) is 0 Å². The van der Waals surface area contributed by atoms with Crippen molar-refractivity contribution in [1.29, 1.82) is 0 Å². The average molecular weight is 429 g/mol. The van der Waals surface area contributed by atoms with Gasteiger partial charge in [0.15, 0.2) is 5.82 Å². The van der Waals surface area contributed by atoms with Crippen LogP contribution in [0.2, 0.25) is 5.02 Å². The number of halogens is 2. The number of nitrogens with two attached hydrogens (primary N) is 1. The highest BCUT2D eigenvalue weighted by Gasteiger charge is 2.28. The fourth-order valence-corrected chi connectivity index (χ4v) is 4.11. The quantitative estimate of drug-likeness (QED) is 0.555. The first kappa shape index (κ1) is 21.2. The Kier molecular flexibility index (Phi) is 7.04. The predicted octanol–water partition coefficient (Wildman–Crippen LogP) is 3.54. The first-order valence-corrected chi connectivity index (χ1v) is 9.84. The van der Waals surface area contributed by atoms with Gasteiger partial charge < -0.3 is 24.6 Å². The molecular formula is C19H26Cl2N4O3. The highest BCUT2D eigenvalue weighted by atomic mass is 35.5. The van der Waals surface area contributed by atoms with Gasteiger partial charge in [0.25, 0.3) is 5.89 Å². The second kappa shape index (κ2) is 9.31. The van der Waals surface area contributed by atoms with Crippen LogP contribution in [0.15, 0.2) is 10.6 Å². The summed E-state index contributed by atoms with van der Waals surface area (Å²) in [7, 11) is 1.74. The maximum Gasteiger partial charge on any atom is 0.261 e. The van der Waals surface area contributed by atoms with Gasteiger partial charge in [-0.2, -0.15) is 4.98 Å². The minimum Gasteiger partial charge on any atom is -0.492 e. The lowest BCUT2D eigenvalue weighted by molar-refractivity contribution is 0.156. The van der Waals surface area contributed by atoms with Gasteiger partial charge in [-0.3, -0.25) is 0 Å². The average Bonchev–Trinajstić information content (AvgIpc) is 3.36. The van der Waals surface area contributed by atoms with Gasteiger partial charge in [-0.05, 0) is 38.4 Å². The van der Waals surface area contributed by atoms with Crippen molar-refractivity contribution in [3.05, 3.63) is 22.5 Å². The first-order chi connectivity index (χ1) is 13.2. The minimum absolute atomic E-state index is 0. The van der Waals surface area contributed by atoms with Crippen LogP contribution in [0.3, 0.4) is 0 Å². The Morgan fingerprint density at radius 3 is 2.89 bits per heavy atom. The van der Waals surface area contributed by atoms with Gasteiger partial charge in [-0.25, -0.2) is 0 Å². The Labute approximate surface area is 175 Å². The van der Waals surface area contributed by atoms with E-state index in [0.29, 0.717) is 29.1 Å². The van der Waals surface area contributed by atoms with Crippen molar-refractivity contribution in [2.45, 2.75) is 31.6 Å². The van der Waals surface area contributed by atoms with Gasteiger partial charge in [-0.1, -0.05) is 16.8 Å². The summed E-state index contributed by atoms with van der Waals surface area (Å²) in [5.41, 5.74) is 8.31. The van der Waals surface area contributed by atoms with Crippen LogP contribution < -0.4 is 10.5 Å². The van der Waals surface area contributed by atoms with Gasteiger partial charge in [0, 0.05) is 38.2 Å². The monoisotopic (exact) mass is 428 g/mol. The number of ether oxygens (including phenoxy) is 2. The number of anilines is 1. The number of nitrogen functional groups attached to an aromatic ring is 1. The molecule has 3 heterocycles. The van der Waals surface area contributed by atoms with E-state index in [1.54, 1.807) is 13.2 Å². The molecular weight excluding hydrogens is 403 g/mol. The Balaban J connectivity index is 0.00000225. The van der Waals surface area contributed by atoms with E-state index in [4.69, 9.17) is 31.3 Å². The number of hydrogen-bond donors (Lipinski definition) is 1. The molecule has 2 aliphatic heterocycles. The minimum atomic E-state index is 0. The maximum atomic E-state index is 6.29. The van der Waals surface area contributed by atoms with Crippen LogP contribution in [0.4, 0.5) is 5.69 Å². The van der Waals surface area contributed by atoms with E-state index < -0.39 is 0 Å². The molecule has 0 saturated carbocycles. The Hall–Kier alpha value is -1.54. The molecule has 0 aliphatic carbocycles. The molecule has 1 saturated heterocycles. The van der Waals surface area contributed by atoms with E-state index in [0.717, 1.165) is 74.6 Å². The number of piperidine rings is 1. The van der Waals surface area contributed by atoms with Crippen LogP contribution in [0.25, 0.3) is 11.5 Å². The maximum absolute atomic E-state index is 6.29. The first-order valence-electron chi connectivity index (χ1n) is 9.46. The summed E-state index contributed by atoms with van der Waals surface area (Å²) in [6.45, 7) is 4.57. The van der Waals surface area contributed by atoms with Gasteiger partial charge >= 0.3 is 0 Å².